The van der Waals surface area contributed by atoms with Gasteiger partial charge in [0.15, 0.2) is 0 Å². The number of aryl methyl sites for hydroxylation is 1. The fraction of sp³-hybridized carbons (Fsp3) is 0.733. The van der Waals surface area contributed by atoms with E-state index in [1.54, 1.807) is 19.4 Å². The zero-order valence-corrected chi connectivity index (χ0v) is 13.6. The van der Waals surface area contributed by atoms with E-state index in [1.807, 2.05) is 19.0 Å². The molecule has 0 saturated heterocycles. The molecule has 1 aromatic heterocycles. The predicted molar refractivity (Wildman–Crippen MR) is 86.0 cm³/mol. The van der Waals surface area contributed by atoms with Crippen LogP contribution in [0, 0.1) is 0 Å². The van der Waals surface area contributed by atoms with Crippen LogP contribution in [0.15, 0.2) is 17.1 Å². The number of hydrogen-bond acceptors (Lipinski definition) is 5. The van der Waals surface area contributed by atoms with Crippen LogP contribution in [-0.4, -0.2) is 50.2 Å². The molecule has 1 unspecified atom stereocenters. The van der Waals surface area contributed by atoms with E-state index in [4.69, 9.17) is 4.74 Å². The number of rotatable bonds is 10. The van der Waals surface area contributed by atoms with Crippen LogP contribution in [0.3, 0.4) is 0 Å². The van der Waals surface area contributed by atoms with E-state index in [0.29, 0.717) is 19.2 Å². The zero-order chi connectivity index (χ0) is 15.7. The number of hydrogen-bond donors (Lipinski definition) is 1. The largest absolute Gasteiger partial charge is 0.383 e. The molecule has 21 heavy (non-hydrogen) atoms. The second kappa shape index (κ2) is 9.52. The Morgan fingerprint density at radius 3 is 2.86 bits per heavy atom. The van der Waals surface area contributed by atoms with E-state index in [2.05, 4.69) is 17.3 Å². The standard InChI is InChI=1S/C15H28N4O2/c1-5-13(16-2)7-6-8-19-15(20)11-14(12-17-19)18(3)9-10-21-4/h11-13,16H,5-10H2,1-4H3. The molecule has 0 amide bonds. The molecular weight excluding hydrogens is 268 g/mol. The van der Waals surface area contributed by atoms with E-state index in [9.17, 15) is 4.79 Å². The summed E-state index contributed by atoms with van der Waals surface area (Å²) in [4.78, 5) is 14.0. The second-order valence-corrected chi connectivity index (χ2v) is 5.23. The van der Waals surface area contributed by atoms with Crippen molar-refractivity contribution < 1.29 is 4.74 Å². The zero-order valence-electron chi connectivity index (χ0n) is 13.6. The number of aromatic nitrogens is 2. The van der Waals surface area contributed by atoms with Gasteiger partial charge in [0.05, 0.1) is 18.5 Å². The highest BCUT2D eigenvalue weighted by molar-refractivity contribution is 5.41. The van der Waals surface area contributed by atoms with Gasteiger partial charge in [0.1, 0.15) is 0 Å². The van der Waals surface area contributed by atoms with Crippen LogP contribution in [0.2, 0.25) is 0 Å². The van der Waals surface area contributed by atoms with Crippen molar-refractivity contribution in [3.63, 3.8) is 0 Å². The lowest BCUT2D eigenvalue weighted by Crippen LogP contribution is -2.28. The molecule has 0 radical (unpaired) electrons. The summed E-state index contributed by atoms with van der Waals surface area (Å²) in [5.74, 6) is 0. The molecule has 6 nitrogen and oxygen atoms in total. The highest BCUT2D eigenvalue weighted by Crippen LogP contribution is 2.07. The van der Waals surface area contributed by atoms with Gasteiger partial charge in [-0.2, -0.15) is 5.10 Å². The smallest absolute Gasteiger partial charge is 0.268 e. The summed E-state index contributed by atoms with van der Waals surface area (Å²) in [7, 11) is 5.57. The summed E-state index contributed by atoms with van der Waals surface area (Å²) >= 11 is 0. The van der Waals surface area contributed by atoms with Crippen molar-refractivity contribution in [1.29, 1.82) is 0 Å². The average molecular weight is 296 g/mol. The lowest BCUT2D eigenvalue weighted by Gasteiger charge is -2.18. The molecule has 0 spiro atoms. The normalized spacial score (nSPS) is 12.4. The fourth-order valence-electron chi connectivity index (χ4n) is 2.20. The first-order valence-corrected chi connectivity index (χ1v) is 7.56. The van der Waals surface area contributed by atoms with Crippen LogP contribution in [0.25, 0.3) is 0 Å². The highest BCUT2D eigenvalue weighted by Gasteiger charge is 2.06. The lowest BCUT2D eigenvalue weighted by molar-refractivity contribution is 0.206. The molecule has 1 atom stereocenters. The molecule has 0 aliphatic heterocycles. The Bertz CT molecular complexity index is 457. The van der Waals surface area contributed by atoms with Crippen LogP contribution in [0.4, 0.5) is 5.69 Å². The van der Waals surface area contributed by atoms with Gasteiger partial charge in [0, 0.05) is 39.4 Å². The minimum Gasteiger partial charge on any atom is -0.383 e. The first-order chi connectivity index (χ1) is 10.1. The van der Waals surface area contributed by atoms with Crippen molar-refractivity contribution >= 4 is 5.69 Å². The van der Waals surface area contributed by atoms with Crippen LogP contribution in [-0.2, 0) is 11.3 Å². The summed E-state index contributed by atoms with van der Waals surface area (Å²) in [6.07, 6.45) is 4.84. The Morgan fingerprint density at radius 2 is 2.29 bits per heavy atom. The molecule has 0 aliphatic rings. The number of methoxy groups -OCH3 is 1. The topological polar surface area (TPSA) is 59.4 Å². The van der Waals surface area contributed by atoms with Crippen LogP contribution in [0.5, 0.6) is 0 Å². The van der Waals surface area contributed by atoms with Gasteiger partial charge in [0.2, 0.25) is 0 Å². The third-order valence-electron chi connectivity index (χ3n) is 3.75. The number of likely N-dealkylation sites (N-methyl/N-ethyl adjacent to an activating group) is 1. The van der Waals surface area contributed by atoms with E-state index in [-0.39, 0.29) is 5.56 Å². The molecular formula is C15H28N4O2. The SMILES string of the molecule is CCC(CCCn1ncc(N(C)CCOC)cc1=O)NC. The first kappa shape index (κ1) is 17.7. The van der Waals surface area contributed by atoms with Crippen LogP contribution < -0.4 is 15.8 Å². The molecule has 6 heteroatoms. The average Bonchev–Trinajstić information content (AvgIpc) is 2.50. The van der Waals surface area contributed by atoms with Crippen molar-refractivity contribution in [2.45, 2.75) is 38.8 Å². The number of nitrogens with zero attached hydrogens (tertiary/aromatic N) is 3. The van der Waals surface area contributed by atoms with Crippen molar-refractivity contribution in [1.82, 2.24) is 15.1 Å². The highest BCUT2D eigenvalue weighted by atomic mass is 16.5. The predicted octanol–water partition coefficient (Wildman–Crippen LogP) is 1.10. The molecule has 1 heterocycles. The Hall–Kier alpha value is -1.40. The van der Waals surface area contributed by atoms with Gasteiger partial charge in [-0.15, -0.1) is 0 Å². The van der Waals surface area contributed by atoms with E-state index < -0.39 is 0 Å². The second-order valence-electron chi connectivity index (χ2n) is 5.23. The third-order valence-corrected chi connectivity index (χ3v) is 3.75. The van der Waals surface area contributed by atoms with Gasteiger partial charge in [-0.05, 0) is 26.3 Å². The molecule has 0 bridgehead atoms. The van der Waals surface area contributed by atoms with Gasteiger partial charge >= 0.3 is 0 Å². The summed E-state index contributed by atoms with van der Waals surface area (Å²) in [6, 6.07) is 2.15. The van der Waals surface area contributed by atoms with E-state index in [1.165, 1.54) is 4.68 Å². The molecule has 1 rings (SSSR count). The Balaban J connectivity index is 2.56. The maximum atomic E-state index is 12.1. The van der Waals surface area contributed by atoms with E-state index >= 15 is 0 Å². The molecule has 1 aromatic rings. The molecule has 0 saturated carbocycles. The van der Waals surface area contributed by atoms with Gasteiger partial charge in [0.25, 0.3) is 5.56 Å². The van der Waals surface area contributed by atoms with E-state index in [0.717, 1.165) is 31.5 Å². The first-order valence-electron chi connectivity index (χ1n) is 7.56. The Labute approximate surface area is 127 Å². The van der Waals surface area contributed by atoms with Gasteiger partial charge in [-0.3, -0.25) is 4.79 Å². The number of anilines is 1. The maximum Gasteiger partial charge on any atom is 0.268 e. The number of nitrogens with one attached hydrogen (secondary N) is 1. The van der Waals surface area contributed by atoms with Gasteiger partial charge < -0.3 is 15.0 Å². The molecule has 0 aliphatic carbocycles. The van der Waals surface area contributed by atoms with Crippen LogP contribution in [0.1, 0.15) is 26.2 Å². The van der Waals surface area contributed by atoms with Crippen molar-refractivity contribution in [2.24, 2.45) is 0 Å². The van der Waals surface area contributed by atoms with Gasteiger partial charge in [-0.1, -0.05) is 6.92 Å². The monoisotopic (exact) mass is 296 g/mol. The van der Waals surface area contributed by atoms with Crippen molar-refractivity contribution in [3.05, 3.63) is 22.6 Å². The fourth-order valence-corrected chi connectivity index (χ4v) is 2.20. The Morgan fingerprint density at radius 1 is 1.52 bits per heavy atom. The minimum absolute atomic E-state index is 0.0470. The van der Waals surface area contributed by atoms with Crippen LogP contribution >= 0.6 is 0 Å². The summed E-state index contributed by atoms with van der Waals surface area (Å²) in [6.45, 7) is 4.19. The molecule has 0 fully saturated rings. The molecule has 120 valence electrons. The summed E-state index contributed by atoms with van der Waals surface area (Å²) in [5.41, 5.74) is 0.782. The van der Waals surface area contributed by atoms with Gasteiger partial charge in [-0.25, -0.2) is 4.68 Å². The van der Waals surface area contributed by atoms with Crippen molar-refractivity contribution in [3.8, 4) is 0 Å². The minimum atomic E-state index is -0.0470. The number of ether oxygens (including phenoxy) is 1. The summed E-state index contributed by atoms with van der Waals surface area (Å²) < 4.78 is 6.57. The third kappa shape index (κ3) is 5.85. The van der Waals surface area contributed by atoms with Crippen molar-refractivity contribution in [2.75, 3.05) is 39.3 Å². The lowest BCUT2D eigenvalue weighted by atomic mass is 10.1. The Kier molecular flexibility index (Phi) is 8.00. The maximum absolute atomic E-state index is 12.1. The summed E-state index contributed by atoms with van der Waals surface area (Å²) in [5, 5.41) is 7.53. The quantitative estimate of drug-likeness (QED) is 0.701. The molecule has 0 aromatic carbocycles. The molecule has 1 N–H and O–H groups in total.